The van der Waals surface area contributed by atoms with Crippen molar-refractivity contribution in [2.45, 2.75) is 32.7 Å². The summed E-state index contributed by atoms with van der Waals surface area (Å²) in [5.74, 6) is -1.03. The second-order valence-corrected chi connectivity index (χ2v) is 5.52. The Balaban J connectivity index is 0.00000264. The summed E-state index contributed by atoms with van der Waals surface area (Å²) >= 11 is 0. The van der Waals surface area contributed by atoms with Crippen molar-refractivity contribution >= 4 is 29.9 Å². The number of carbonyl (C=O) groups excluding carboxylic acids is 2. The highest BCUT2D eigenvalue weighted by atomic mass is 35.5. The number of rotatable bonds is 5. The second-order valence-electron chi connectivity index (χ2n) is 5.52. The fraction of sp³-hybridized carbons (Fsp3) is 0.500. The zero-order chi connectivity index (χ0) is 16.1. The van der Waals surface area contributed by atoms with Crippen LogP contribution in [0.2, 0.25) is 0 Å². The molecule has 0 aliphatic carbocycles. The third kappa shape index (κ3) is 4.91. The minimum Gasteiger partial charge on any atom is -0.334 e. The maximum Gasteiger partial charge on any atom is 0.254 e. The molecular formula is C16H23ClFN3O2. The first-order chi connectivity index (χ1) is 10.5. The molecule has 2 N–H and O–H groups in total. The lowest BCUT2D eigenvalue weighted by atomic mass is 10.1. The highest BCUT2D eigenvalue weighted by molar-refractivity contribution is 5.97. The van der Waals surface area contributed by atoms with Crippen molar-refractivity contribution in [2.75, 3.05) is 25.0 Å². The van der Waals surface area contributed by atoms with E-state index in [4.69, 9.17) is 0 Å². The van der Waals surface area contributed by atoms with Gasteiger partial charge in [0, 0.05) is 31.6 Å². The minimum atomic E-state index is -0.545. The Morgan fingerprint density at radius 3 is 2.74 bits per heavy atom. The number of amides is 2. The quantitative estimate of drug-likeness (QED) is 0.863. The van der Waals surface area contributed by atoms with Gasteiger partial charge in [0.05, 0.1) is 5.69 Å². The molecule has 1 aromatic carbocycles. The average Bonchev–Trinajstić information content (AvgIpc) is 3.00. The molecule has 7 heteroatoms. The molecule has 5 nitrogen and oxygen atoms in total. The summed E-state index contributed by atoms with van der Waals surface area (Å²) in [7, 11) is 0. The van der Waals surface area contributed by atoms with Crippen LogP contribution in [-0.2, 0) is 4.79 Å². The normalized spacial score (nSPS) is 16.6. The molecule has 1 saturated heterocycles. The van der Waals surface area contributed by atoms with Gasteiger partial charge < -0.3 is 15.5 Å². The molecule has 1 unspecified atom stereocenters. The molecule has 23 heavy (non-hydrogen) atoms. The lowest BCUT2D eigenvalue weighted by molar-refractivity contribution is -0.114. The first-order valence-electron chi connectivity index (χ1n) is 7.61. The lowest BCUT2D eigenvalue weighted by Crippen LogP contribution is -2.42. The summed E-state index contributed by atoms with van der Waals surface area (Å²) in [6.45, 7) is 5.68. The largest absolute Gasteiger partial charge is 0.334 e. The lowest BCUT2D eigenvalue weighted by Gasteiger charge is -2.28. The molecule has 0 radical (unpaired) electrons. The standard InChI is InChI=1S/C16H22FN3O2.ClH/c1-3-8-20(13-6-7-18-10-13)16(22)12-4-5-14(17)15(9-12)19-11(2)21;/h4-5,9,13,18H,3,6-8,10H2,1-2H3,(H,19,21);1H. The third-order valence-corrected chi connectivity index (χ3v) is 3.72. The van der Waals surface area contributed by atoms with Crippen molar-refractivity contribution in [3.8, 4) is 0 Å². The van der Waals surface area contributed by atoms with E-state index in [1.165, 1.54) is 25.1 Å². The van der Waals surface area contributed by atoms with E-state index in [9.17, 15) is 14.0 Å². The number of hydrogen-bond donors (Lipinski definition) is 2. The SMILES string of the molecule is CCCN(C(=O)c1ccc(F)c(NC(C)=O)c1)C1CCNC1.Cl. The van der Waals surface area contributed by atoms with E-state index >= 15 is 0 Å². The summed E-state index contributed by atoms with van der Waals surface area (Å²) in [6, 6.07) is 4.26. The Hall–Kier alpha value is -1.66. The number of nitrogens with zero attached hydrogens (tertiary/aromatic N) is 1. The van der Waals surface area contributed by atoms with Crippen LogP contribution in [0.15, 0.2) is 18.2 Å². The Labute approximate surface area is 142 Å². The Morgan fingerprint density at radius 1 is 1.43 bits per heavy atom. The zero-order valence-electron chi connectivity index (χ0n) is 13.4. The molecule has 1 aliphatic rings. The van der Waals surface area contributed by atoms with Gasteiger partial charge in [0.1, 0.15) is 5.82 Å². The van der Waals surface area contributed by atoms with E-state index in [1.54, 1.807) is 0 Å². The van der Waals surface area contributed by atoms with E-state index < -0.39 is 5.82 Å². The van der Waals surface area contributed by atoms with E-state index in [2.05, 4.69) is 10.6 Å². The maximum atomic E-state index is 13.7. The molecule has 1 atom stereocenters. The van der Waals surface area contributed by atoms with Crippen molar-refractivity contribution in [3.05, 3.63) is 29.6 Å². The van der Waals surface area contributed by atoms with Gasteiger partial charge >= 0.3 is 0 Å². The Kier molecular flexibility index (Phi) is 7.45. The van der Waals surface area contributed by atoms with Crippen molar-refractivity contribution in [3.63, 3.8) is 0 Å². The number of hydrogen-bond acceptors (Lipinski definition) is 3. The second kappa shape index (κ2) is 8.84. The molecule has 1 fully saturated rings. The predicted octanol–water partition coefficient (Wildman–Crippen LogP) is 2.42. The van der Waals surface area contributed by atoms with Gasteiger partial charge in [0.2, 0.25) is 5.91 Å². The van der Waals surface area contributed by atoms with Gasteiger partial charge in [-0.2, -0.15) is 0 Å². The van der Waals surface area contributed by atoms with Crippen molar-refractivity contribution in [1.29, 1.82) is 0 Å². The molecule has 1 heterocycles. The van der Waals surface area contributed by atoms with E-state index in [1.807, 2.05) is 11.8 Å². The molecule has 1 aromatic rings. The maximum absolute atomic E-state index is 13.7. The van der Waals surface area contributed by atoms with E-state index in [0.29, 0.717) is 12.1 Å². The van der Waals surface area contributed by atoms with Crippen LogP contribution in [0.1, 0.15) is 37.0 Å². The molecule has 2 rings (SSSR count). The summed E-state index contributed by atoms with van der Waals surface area (Å²) in [4.78, 5) is 25.7. The van der Waals surface area contributed by atoms with Crippen LogP contribution >= 0.6 is 12.4 Å². The first kappa shape index (κ1) is 19.4. The molecule has 0 aromatic heterocycles. The van der Waals surface area contributed by atoms with Crippen molar-refractivity contribution in [1.82, 2.24) is 10.2 Å². The van der Waals surface area contributed by atoms with Gasteiger partial charge in [-0.1, -0.05) is 6.92 Å². The molecular weight excluding hydrogens is 321 g/mol. The van der Waals surface area contributed by atoms with E-state index in [-0.39, 0.29) is 36.0 Å². The van der Waals surface area contributed by atoms with Crippen LogP contribution in [0.25, 0.3) is 0 Å². The monoisotopic (exact) mass is 343 g/mol. The van der Waals surface area contributed by atoms with Gasteiger partial charge in [-0.3, -0.25) is 9.59 Å². The molecule has 1 aliphatic heterocycles. The third-order valence-electron chi connectivity index (χ3n) is 3.72. The molecule has 128 valence electrons. The summed E-state index contributed by atoms with van der Waals surface area (Å²) < 4.78 is 13.7. The Bertz CT molecular complexity index is 562. The first-order valence-corrected chi connectivity index (χ1v) is 7.61. The minimum absolute atomic E-state index is 0. The predicted molar refractivity (Wildman–Crippen MR) is 90.6 cm³/mol. The van der Waals surface area contributed by atoms with Gasteiger partial charge in [-0.15, -0.1) is 12.4 Å². The number of nitrogens with one attached hydrogen (secondary N) is 2. The number of benzene rings is 1. The van der Waals surface area contributed by atoms with Crippen LogP contribution in [-0.4, -0.2) is 42.4 Å². The molecule has 0 spiro atoms. The number of anilines is 1. The zero-order valence-corrected chi connectivity index (χ0v) is 14.2. The van der Waals surface area contributed by atoms with Crippen LogP contribution in [0.3, 0.4) is 0 Å². The van der Waals surface area contributed by atoms with Crippen LogP contribution in [0.4, 0.5) is 10.1 Å². The highest BCUT2D eigenvalue weighted by Crippen LogP contribution is 2.20. The van der Waals surface area contributed by atoms with Crippen LogP contribution < -0.4 is 10.6 Å². The van der Waals surface area contributed by atoms with Crippen LogP contribution in [0.5, 0.6) is 0 Å². The topological polar surface area (TPSA) is 61.4 Å². The van der Waals surface area contributed by atoms with E-state index in [0.717, 1.165) is 25.9 Å². The average molecular weight is 344 g/mol. The summed E-state index contributed by atoms with van der Waals surface area (Å²) in [5.41, 5.74) is 0.435. The number of carbonyl (C=O) groups is 2. The fourth-order valence-corrected chi connectivity index (χ4v) is 2.71. The number of halogens is 2. The van der Waals surface area contributed by atoms with Crippen molar-refractivity contribution < 1.29 is 14.0 Å². The van der Waals surface area contributed by atoms with Crippen LogP contribution in [0, 0.1) is 5.82 Å². The summed E-state index contributed by atoms with van der Waals surface area (Å²) in [6.07, 6.45) is 1.79. The van der Waals surface area contributed by atoms with Gasteiger partial charge in [-0.25, -0.2) is 4.39 Å². The van der Waals surface area contributed by atoms with Gasteiger partial charge in [-0.05, 0) is 37.6 Å². The smallest absolute Gasteiger partial charge is 0.254 e. The molecule has 0 saturated carbocycles. The Morgan fingerprint density at radius 2 is 2.17 bits per heavy atom. The molecule has 2 amide bonds. The van der Waals surface area contributed by atoms with Gasteiger partial charge in [0.25, 0.3) is 5.91 Å². The molecule has 0 bridgehead atoms. The fourth-order valence-electron chi connectivity index (χ4n) is 2.71. The highest BCUT2D eigenvalue weighted by Gasteiger charge is 2.27. The van der Waals surface area contributed by atoms with Crippen molar-refractivity contribution in [2.24, 2.45) is 0 Å². The summed E-state index contributed by atoms with van der Waals surface area (Å²) in [5, 5.41) is 5.67. The van der Waals surface area contributed by atoms with Gasteiger partial charge in [0.15, 0.2) is 0 Å².